The van der Waals surface area contributed by atoms with Crippen molar-refractivity contribution in [3.8, 4) is 0 Å². The fourth-order valence-electron chi connectivity index (χ4n) is 1.47. The van der Waals surface area contributed by atoms with Crippen LogP contribution >= 0.6 is 23.4 Å². The first-order valence-electron chi connectivity index (χ1n) is 5.66. The van der Waals surface area contributed by atoms with Gasteiger partial charge >= 0.3 is 0 Å². The molecule has 0 aliphatic rings. The molecule has 0 unspecified atom stereocenters. The van der Waals surface area contributed by atoms with Crippen LogP contribution in [0, 0.1) is 6.92 Å². The summed E-state index contributed by atoms with van der Waals surface area (Å²) in [7, 11) is 0. The molecule has 2 aromatic rings. The zero-order valence-electron chi connectivity index (χ0n) is 10.2. The van der Waals surface area contributed by atoms with E-state index in [4.69, 9.17) is 16.0 Å². The summed E-state index contributed by atoms with van der Waals surface area (Å²) < 4.78 is 5.36. The SMILES string of the molecule is CCNCc1cccc(Cl)c1Sc1nnc(C)o1. The van der Waals surface area contributed by atoms with Gasteiger partial charge in [0.05, 0.1) is 5.02 Å². The fourth-order valence-corrected chi connectivity index (χ4v) is 2.64. The Morgan fingerprint density at radius 1 is 1.39 bits per heavy atom. The van der Waals surface area contributed by atoms with E-state index in [9.17, 15) is 0 Å². The predicted molar refractivity (Wildman–Crippen MR) is 72.0 cm³/mol. The number of aromatic nitrogens is 2. The first kappa shape index (κ1) is 13.4. The largest absolute Gasteiger partial charge is 0.416 e. The quantitative estimate of drug-likeness (QED) is 0.912. The van der Waals surface area contributed by atoms with Gasteiger partial charge in [-0.15, -0.1) is 10.2 Å². The van der Waals surface area contributed by atoms with Gasteiger partial charge in [-0.1, -0.05) is 30.7 Å². The summed E-state index contributed by atoms with van der Waals surface area (Å²) >= 11 is 7.63. The van der Waals surface area contributed by atoms with E-state index >= 15 is 0 Å². The van der Waals surface area contributed by atoms with Crippen molar-refractivity contribution in [3.63, 3.8) is 0 Å². The minimum absolute atomic E-state index is 0.512. The molecule has 0 spiro atoms. The molecule has 4 nitrogen and oxygen atoms in total. The van der Waals surface area contributed by atoms with Crippen molar-refractivity contribution in [1.29, 1.82) is 0 Å². The Morgan fingerprint density at radius 3 is 2.89 bits per heavy atom. The van der Waals surface area contributed by atoms with E-state index in [1.807, 2.05) is 18.2 Å². The van der Waals surface area contributed by atoms with Gasteiger partial charge in [-0.2, -0.15) is 0 Å². The number of rotatable bonds is 5. The maximum Gasteiger partial charge on any atom is 0.281 e. The predicted octanol–water partition coefficient (Wildman–Crippen LogP) is 3.29. The maximum atomic E-state index is 6.23. The summed E-state index contributed by atoms with van der Waals surface area (Å²) in [5, 5.41) is 12.3. The van der Waals surface area contributed by atoms with Crippen LogP contribution in [0.15, 0.2) is 32.7 Å². The Bertz CT molecular complexity index is 530. The Balaban J connectivity index is 2.24. The molecule has 0 radical (unpaired) electrons. The molecule has 0 saturated carbocycles. The minimum Gasteiger partial charge on any atom is -0.416 e. The van der Waals surface area contributed by atoms with Crippen LogP contribution in [0.4, 0.5) is 0 Å². The van der Waals surface area contributed by atoms with Crippen molar-refractivity contribution in [3.05, 3.63) is 34.7 Å². The van der Waals surface area contributed by atoms with Crippen LogP contribution in [0.25, 0.3) is 0 Å². The van der Waals surface area contributed by atoms with Crippen LogP contribution in [-0.2, 0) is 6.54 Å². The monoisotopic (exact) mass is 283 g/mol. The average Bonchev–Trinajstić information content (AvgIpc) is 2.76. The highest BCUT2D eigenvalue weighted by atomic mass is 35.5. The third-order valence-electron chi connectivity index (χ3n) is 2.31. The highest BCUT2D eigenvalue weighted by molar-refractivity contribution is 7.99. The van der Waals surface area contributed by atoms with Crippen molar-refractivity contribution < 1.29 is 4.42 Å². The van der Waals surface area contributed by atoms with Crippen molar-refractivity contribution in [2.45, 2.75) is 30.5 Å². The van der Waals surface area contributed by atoms with E-state index < -0.39 is 0 Å². The van der Waals surface area contributed by atoms with Gasteiger partial charge in [0, 0.05) is 18.4 Å². The van der Waals surface area contributed by atoms with Crippen LogP contribution in [0.1, 0.15) is 18.4 Å². The van der Waals surface area contributed by atoms with Crippen LogP contribution in [0.3, 0.4) is 0 Å². The summed E-state index contributed by atoms with van der Waals surface area (Å²) in [6, 6.07) is 5.85. The van der Waals surface area contributed by atoms with Crippen LogP contribution in [0.5, 0.6) is 0 Å². The van der Waals surface area contributed by atoms with Crippen molar-refractivity contribution in [2.75, 3.05) is 6.54 Å². The number of halogens is 1. The van der Waals surface area contributed by atoms with Gasteiger partial charge in [-0.25, -0.2) is 0 Å². The molecule has 0 aliphatic heterocycles. The summed E-state index contributed by atoms with van der Waals surface area (Å²) in [5.41, 5.74) is 1.13. The number of hydrogen-bond donors (Lipinski definition) is 1. The number of nitrogens with one attached hydrogen (secondary N) is 1. The molecule has 96 valence electrons. The summed E-state index contributed by atoms with van der Waals surface area (Å²) in [6.45, 7) is 5.52. The molecule has 2 rings (SSSR count). The van der Waals surface area contributed by atoms with E-state index in [0.29, 0.717) is 16.1 Å². The molecule has 6 heteroatoms. The van der Waals surface area contributed by atoms with Gasteiger partial charge in [0.2, 0.25) is 5.89 Å². The van der Waals surface area contributed by atoms with Gasteiger partial charge in [0.15, 0.2) is 0 Å². The molecule has 1 heterocycles. The smallest absolute Gasteiger partial charge is 0.281 e. The van der Waals surface area contributed by atoms with E-state index in [2.05, 4.69) is 22.4 Å². The normalized spacial score (nSPS) is 10.8. The lowest BCUT2D eigenvalue weighted by Crippen LogP contribution is -2.12. The zero-order chi connectivity index (χ0) is 13.0. The van der Waals surface area contributed by atoms with Gasteiger partial charge in [0.25, 0.3) is 5.22 Å². The van der Waals surface area contributed by atoms with E-state index in [1.54, 1.807) is 6.92 Å². The number of hydrogen-bond acceptors (Lipinski definition) is 5. The lowest BCUT2D eigenvalue weighted by Gasteiger charge is -2.09. The molecule has 0 bridgehead atoms. The Kier molecular flexibility index (Phi) is 4.63. The van der Waals surface area contributed by atoms with Gasteiger partial charge in [0.1, 0.15) is 0 Å². The molecule has 1 aromatic heterocycles. The topological polar surface area (TPSA) is 51.0 Å². The van der Waals surface area contributed by atoms with Gasteiger partial charge in [-0.05, 0) is 29.9 Å². The third kappa shape index (κ3) is 3.25. The molecular formula is C12H14ClN3OS. The standard InChI is InChI=1S/C12H14ClN3OS/c1-3-14-7-9-5-4-6-10(13)11(9)18-12-16-15-8(2)17-12/h4-6,14H,3,7H2,1-2H3. The van der Waals surface area contributed by atoms with Crippen LogP contribution in [0.2, 0.25) is 5.02 Å². The molecule has 0 fully saturated rings. The van der Waals surface area contributed by atoms with E-state index in [1.165, 1.54) is 11.8 Å². The van der Waals surface area contributed by atoms with Crippen LogP contribution < -0.4 is 5.32 Å². The number of nitrogens with zero attached hydrogens (tertiary/aromatic N) is 2. The molecule has 1 N–H and O–H groups in total. The molecule has 0 aliphatic carbocycles. The summed E-state index contributed by atoms with van der Waals surface area (Å²) in [5.74, 6) is 0.554. The van der Waals surface area contributed by atoms with Crippen molar-refractivity contribution in [2.24, 2.45) is 0 Å². The molecule has 1 aromatic carbocycles. The van der Waals surface area contributed by atoms with Crippen molar-refractivity contribution >= 4 is 23.4 Å². The number of aryl methyl sites for hydroxylation is 1. The highest BCUT2D eigenvalue weighted by Crippen LogP contribution is 2.35. The Hall–Kier alpha value is -1.04. The third-order valence-corrected chi connectivity index (χ3v) is 3.76. The summed E-state index contributed by atoms with van der Waals surface area (Å²) in [4.78, 5) is 0.962. The van der Waals surface area contributed by atoms with Gasteiger partial charge in [-0.3, -0.25) is 0 Å². The zero-order valence-corrected chi connectivity index (χ0v) is 11.8. The van der Waals surface area contributed by atoms with E-state index in [-0.39, 0.29) is 0 Å². The molecular weight excluding hydrogens is 270 g/mol. The second kappa shape index (κ2) is 6.22. The highest BCUT2D eigenvalue weighted by Gasteiger charge is 2.12. The van der Waals surface area contributed by atoms with Gasteiger partial charge < -0.3 is 9.73 Å². The number of benzene rings is 1. The molecule has 0 atom stereocenters. The van der Waals surface area contributed by atoms with Crippen molar-refractivity contribution in [1.82, 2.24) is 15.5 Å². The Labute approximate surface area is 115 Å². The molecule has 18 heavy (non-hydrogen) atoms. The maximum absolute atomic E-state index is 6.23. The fraction of sp³-hybridized carbons (Fsp3) is 0.333. The molecule has 0 saturated heterocycles. The summed E-state index contributed by atoms with van der Waals surface area (Å²) in [6.07, 6.45) is 0. The lowest BCUT2D eigenvalue weighted by atomic mass is 10.2. The minimum atomic E-state index is 0.512. The van der Waals surface area contributed by atoms with E-state index in [0.717, 1.165) is 23.5 Å². The second-order valence-electron chi connectivity index (χ2n) is 3.70. The van der Waals surface area contributed by atoms with Crippen LogP contribution in [-0.4, -0.2) is 16.7 Å². The Morgan fingerprint density at radius 2 is 2.22 bits per heavy atom. The molecule has 0 amide bonds. The second-order valence-corrected chi connectivity index (χ2v) is 5.07. The lowest BCUT2D eigenvalue weighted by molar-refractivity contribution is 0.429. The first-order chi connectivity index (χ1) is 8.70. The first-order valence-corrected chi connectivity index (χ1v) is 6.86. The average molecular weight is 284 g/mol.